The molecular weight excluding hydrogens is 186 g/mol. The highest BCUT2D eigenvalue weighted by molar-refractivity contribution is 7.89. The van der Waals surface area contributed by atoms with E-state index in [4.69, 9.17) is 0 Å². The summed E-state index contributed by atoms with van der Waals surface area (Å²) >= 11 is 0. The third kappa shape index (κ3) is 1.36. The van der Waals surface area contributed by atoms with Crippen molar-refractivity contribution in [1.82, 2.24) is 4.72 Å². The molecule has 0 unspecified atom stereocenters. The summed E-state index contributed by atoms with van der Waals surface area (Å²) in [6, 6.07) is 7.14. The van der Waals surface area contributed by atoms with Crippen molar-refractivity contribution in [2.45, 2.75) is 17.7 Å². The van der Waals surface area contributed by atoms with Gasteiger partial charge in [-0.15, -0.1) is 0 Å². The molecule has 0 aromatic heterocycles. The van der Waals surface area contributed by atoms with E-state index in [9.17, 15) is 8.42 Å². The second-order valence-electron chi connectivity index (χ2n) is 3.29. The van der Waals surface area contributed by atoms with E-state index < -0.39 is 10.0 Å². The highest BCUT2D eigenvalue weighted by Crippen LogP contribution is 2.27. The maximum absolute atomic E-state index is 11.5. The maximum atomic E-state index is 11.5. The molecule has 1 atom stereocenters. The molecule has 0 saturated carbocycles. The van der Waals surface area contributed by atoms with Gasteiger partial charge in [0.2, 0.25) is 10.0 Å². The molecule has 0 amide bonds. The molecule has 1 aromatic rings. The second kappa shape index (κ2) is 2.82. The highest BCUT2D eigenvalue weighted by atomic mass is 32.2. The van der Waals surface area contributed by atoms with Crippen LogP contribution in [0.25, 0.3) is 0 Å². The Hall–Kier alpha value is -0.870. The Balaban J connectivity index is 2.68. The quantitative estimate of drug-likeness (QED) is 0.676. The van der Waals surface area contributed by atoms with Crippen molar-refractivity contribution >= 4 is 10.0 Å². The van der Waals surface area contributed by atoms with Gasteiger partial charge in [0.1, 0.15) is 0 Å². The molecule has 1 aromatic carbocycles. The number of hydrogen-bond donors (Lipinski definition) is 1. The minimum Gasteiger partial charge on any atom is -0.211 e. The lowest BCUT2D eigenvalue weighted by Crippen LogP contribution is -2.33. The van der Waals surface area contributed by atoms with Crippen LogP contribution in [-0.2, 0) is 10.0 Å². The number of sulfonamides is 1. The molecule has 0 bridgehead atoms. The van der Waals surface area contributed by atoms with Gasteiger partial charge >= 0.3 is 0 Å². The Bertz CT molecular complexity index is 425. The molecule has 0 radical (unpaired) electrons. The van der Waals surface area contributed by atoms with Crippen LogP contribution in [0.2, 0.25) is 0 Å². The summed E-state index contributed by atoms with van der Waals surface area (Å²) in [5, 5.41) is 0. The zero-order valence-electron chi connectivity index (χ0n) is 7.32. The fourth-order valence-electron chi connectivity index (χ4n) is 1.55. The van der Waals surface area contributed by atoms with E-state index >= 15 is 0 Å². The molecule has 70 valence electrons. The molecule has 3 nitrogen and oxygen atoms in total. The number of benzene rings is 1. The van der Waals surface area contributed by atoms with Gasteiger partial charge in [0.05, 0.1) is 4.90 Å². The monoisotopic (exact) mass is 197 g/mol. The van der Waals surface area contributed by atoms with E-state index in [0.717, 1.165) is 5.56 Å². The molecule has 13 heavy (non-hydrogen) atoms. The third-order valence-electron chi connectivity index (χ3n) is 2.32. The van der Waals surface area contributed by atoms with Gasteiger partial charge in [0.15, 0.2) is 0 Å². The van der Waals surface area contributed by atoms with Crippen molar-refractivity contribution in [3.8, 4) is 0 Å². The van der Waals surface area contributed by atoms with E-state index in [2.05, 4.69) is 4.72 Å². The van der Waals surface area contributed by atoms with Crippen LogP contribution in [0.3, 0.4) is 0 Å². The predicted molar refractivity (Wildman–Crippen MR) is 50.0 cm³/mol. The van der Waals surface area contributed by atoms with Gasteiger partial charge < -0.3 is 0 Å². The fourth-order valence-corrected chi connectivity index (χ4v) is 3.02. The van der Waals surface area contributed by atoms with Gasteiger partial charge in [-0.3, -0.25) is 0 Å². The molecule has 4 heteroatoms. The number of rotatable bonds is 0. The minimum absolute atomic E-state index is 0.264. The smallest absolute Gasteiger partial charge is 0.211 e. The summed E-state index contributed by atoms with van der Waals surface area (Å²) < 4.78 is 25.6. The molecule has 0 fully saturated rings. The van der Waals surface area contributed by atoms with Crippen LogP contribution in [0.4, 0.5) is 0 Å². The van der Waals surface area contributed by atoms with Crippen LogP contribution in [0.1, 0.15) is 18.4 Å². The number of hydrogen-bond acceptors (Lipinski definition) is 2. The van der Waals surface area contributed by atoms with E-state index in [1.165, 1.54) is 0 Å². The zero-order chi connectivity index (χ0) is 9.47. The predicted octanol–water partition coefficient (Wildman–Crippen LogP) is 1.08. The van der Waals surface area contributed by atoms with Crippen molar-refractivity contribution in [3.63, 3.8) is 0 Å². The van der Waals surface area contributed by atoms with Gasteiger partial charge in [0.25, 0.3) is 0 Å². The number of fused-ring (bicyclic) bond motifs is 1. The van der Waals surface area contributed by atoms with Gasteiger partial charge in [-0.25, -0.2) is 13.1 Å². The van der Waals surface area contributed by atoms with E-state index in [-0.39, 0.29) is 5.92 Å². The van der Waals surface area contributed by atoms with Crippen LogP contribution >= 0.6 is 0 Å². The van der Waals surface area contributed by atoms with E-state index in [0.29, 0.717) is 11.4 Å². The van der Waals surface area contributed by atoms with E-state index in [1.54, 1.807) is 12.1 Å². The largest absolute Gasteiger partial charge is 0.240 e. The van der Waals surface area contributed by atoms with Crippen LogP contribution in [-0.4, -0.2) is 15.0 Å². The highest BCUT2D eigenvalue weighted by Gasteiger charge is 2.26. The molecule has 1 aliphatic rings. The first-order valence-electron chi connectivity index (χ1n) is 4.20. The van der Waals surface area contributed by atoms with Crippen LogP contribution in [0, 0.1) is 0 Å². The average Bonchev–Trinajstić information content (AvgIpc) is 2.13. The first-order valence-corrected chi connectivity index (χ1v) is 5.68. The van der Waals surface area contributed by atoms with Gasteiger partial charge in [-0.2, -0.15) is 0 Å². The van der Waals surface area contributed by atoms with Crippen molar-refractivity contribution in [3.05, 3.63) is 29.8 Å². The van der Waals surface area contributed by atoms with Crippen LogP contribution < -0.4 is 4.72 Å². The SMILES string of the molecule is C[C@H]1CNS(=O)(=O)c2ccccc21. The molecule has 1 aliphatic heterocycles. The summed E-state index contributed by atoms with van der Waals surface area (Å²) in [6.07, 6.45) is 0. The van der Waals surface area contributed by atoms with Crippen molar-refractivity contribution in [2.75, 3.05) is 6.54 Å². The molecular formula is C9H11NO2S. The Labute approximate surface area is 77.8 Å². The lowest BCUT2D eigenvalue weighted by molar-refractivity contribution is 0.559. The summed E-state index contributed by atoms with van der Waals surface area (Å²) in [4.78, 5) is 0.425. The van der Waals surface area contributed by atoms with E-state index in [1.807, 2.05) is 19.1 Å². The zero-order valence-corrected chi connectivity index (χ0v) is 8.14. The lowest BCUT2D eigenvalue weighted by atomic mass is 10.0. The minimum atomic E-state index is -3.22. The van der Waals surface area contributed by atoms with Crippen LogP contribution in [0.5, 0.6) is 0 Å². The fraction of sp³-hybridized carbons (Fsp3) is 0.333. The van der Waals surface area contributed by atoms with Crippen molar-refractivity contribution in [2.24, 2.45) is 0 Å². The van der Waals surface area contributed by atoms with Gasteiger partial charge in [-0.05, 0) is 17.5 Å². The third-order valence-corrected chi connectivity index (χ3v) is 3.82. The average molecular weight is 197 g/mol. The number of nitrogens with one attached hydrogen (secondary N) is 1. The van der Waals surface area contributed by atoms with Gasteiger partial charge in [0, 0.05) is 6.54 Å². The Morgan fingerprint density at radius 1 is 1.38 bits per heavy atom. The van der Waals surface area contributed by atoms with Crippen LogP contribution in [0.15, 0.2) is 29.2 Å². The molecule has 0 aliphatic carbocycles. The Morgan fingerprint density at radius 3 is 2.77 bits per heavy atom. The first kappa shape index (κ1) is 8.72. The maximum Gasteiger partial charge on any atom is 0.240 e. The summed E-state index contributed by atoms with van der Waals surface area (Å²) in [6.45, 7) is 2.51. The summed E-state index contributed by atoms with van der Waals surface area (Å²) in [7, 11) is -3.22. The molecule has 1 heterocycles. The molecule has 1 N–H and O–H groups in total. The Kier molecular flexibility index (Phi) is 1.89. The summed E-state index contributed by atoms with van der Waals surface area (Å²) in [5.74, 6) is 0.264. The van der Waals surface area contributed by atoms with Crippen molar-refractivity contribution < 1.29 is 8.42 Å². The first-order chi connectivity index (χ1) is 6.11. The topological polar surface area (TPSA) is 46.2 Å². The molecule has 0 spiro atoms. The lowest BCUT2D eigenvalue weighted by Gasteiger charge is -2.22. The van der Waals surface area contributed by atoms with Crippen molar-refractivity contribution in [1.29, 1.82) is 0 Å². The molecule has 2 rings (SSSR count). The standard InChI is InChI=1S/C9H11NO2S/c1-7-6-10-13(11,12)9-5-3-2-4-8(7)9/h2-5,7,10H,6H2,1H3/t7-/m0/s1. The normalized spacial score (nSPS) is 25.2. The summed E-state index contributed by atoms with van der Waals surface area (Å²) in [5.41, 5.74) is 0.918. The Morgan fingerprint density at radius 2 is 2.08 bits per heavy atom. The van der Waals surface area contributed by atoms with Gasteiger partial charge in [-0.1, -0.05) is 25.1 Å². The second-order valence-corrected chi connectivity index (χ2v) is 5.03. The molecule has 0 saturated heterocycles.